The summed E-state index contributed by atoms with van der Waals surface area (Å²) in [6, 6.07) is 5.00. The number of ether oxygens (including phenoxy) is 1. The molecule has 0 atom stereocenters. The summed E-state index contributed by atoms with van der Waals surface area (Å²) in [4.78, 5) is 3.97. The lowest BCUT2D eigenvalue weighted by Crippen LogP contribution is -2.17. The number of hydrogen-bond acceptors (Lipinski definition) is 3. The van der Waals surface area contributed by atoms with Gasteiger partial charge in [0.25, 0.3) is 0 Å². The maximum Gasteiger partial charge on any atom is 0.387 e. The van der Waals surface area contributed by atoms with Crippen LogP contribution >= 0.6 is 15.9 Å². The molecular formula is C14H16BrF2N3O. The summed E-state index contributed by atoms with van der Waals surface area (Å²) < 4.78 is 32.0. The predicted octanol–water partition coefficient (Wildman–Crippen LogP) is 3.43. The summed E-state index contributed by atoms with van der Waals surface area (Å²) in [5, 5.41) is 3.23. The number of halogens is 3. The second-order valence-corrected chi connectivity index (χ2v) is 5.38. The average molecular weight is 360 g/mol. The topological polar surface area (TPSA) is 39.1 Å². The lowest BCUT2D eigenvalue weighted by molar-refractivity contribution is -0.0505. The third-order valence-electron chi connectivity index (χ3n) is 2.88. The zero-order chi connectivity index (χ0) is 15.1. The fourth-order valence-corrected chi connectivity index (χ4v) is 2.33. The maximum absolute atomic E-state index is 12.3. The van der Waals surface area contributed by atoms with Crippen LogP contribution in [0.25, 0.3) is 0 Å². The van der Waals surface area contributed by atoms with Gasteiger partial charge < -0.3 is 14.6 Å². The molecule has 2 aromatic rings. The molecule has 21 heavy (non-hydrogen) atoms. The molecule has 0 aliphatic rings. The molecule has 1 aromatic heterocycles. The highest BCUT2D eigenvalue weighted by atomic mass is 79.9. The number of imidazole rings is 1. The van der Waals surface area contributed by atoms with E-state index in [1.54, 1.807) is 30.7 Å². The second-order valence-electron chi connectivity index (χ2n) is 4.46. The molecule has 1 aromatic carbocycles. The van der Waals surface area contributed by atoms with E-state index in [1.165, 1.54) is 0 Å². The summed E-state index contributed by atoms with van der Waals surface area (Å²) in [7, 11) is 0. The van der Waals surface area contributed by atoms with E-state index in [2.05, 4.69) is 31.0 Å². The van der Waals surface area contributed by atoms with Gasteiger partial charge in [-0.1, -0.05) is 15.9 Å². The van der Waals surface area contributed by atoms with Crippen molar-refractivity contribution in [2.24, 2.45) is 0 Å². The monoisotopic (exact) mass is 359 g/mol. The van der Waals surface area contributed by atoms with Crippen LogP contribution in [0.1, 0.15) is 12.0 Å². The van der Waals surface area contributed by atoms with Crippen LogP contribution in [0.15, 0.2) is 41.4 Å². The van der Waals surface area contributed by atoms with Gasteiger partial charge in [0.1, 0.15) is 5.75 Å². The Labute approximate surface area is 130 Å². The molecule has 0 bridgehead atoms. The molecule has 0 aliphatic carbocycles. The highest BCUT2D eigenvalue weighted by Gasteiger charge is 2.09. The average Bonchev–Trinajstić information content (AvgIpc) is 2.94. The molecule has 114 valence electrons. The lowest BCUT2D eigenvalue weighted by atomic mass is 10.2. The van der Waals surface area contributed by atoms with Gasteiger partial charge in [0.15, 0.2) is 0 Å². The molecule has 0 saturated carbocycles. The van der Waals surface area contributed by atoms with E-state index in [0.717, 1.165) is 24.0 Å². The lowest BCUT2D eigenvalue weighted by Gasteiger charge is -2.12. The van der Waals surface area contributed by atoms with Crippen molar-refractivity contribution in [3.8, 4) is 5.75 Å². The van der Waals surface area contributed by atoms with Crippen molar-refractivity contribution in [2.45, 2.75) is 26.1 Å². The van der Waals surface area contributed by atoms with Gasteiger partial charge in [0, 0.05) is 35.5 Å². The predicted molar refractivity (Wildman–Crippen MR) is 79.3 cm³/mol. The molecule has 0 spiro atoms. The number of aryl methyl sites for hydroxylation is 1. The highest BCUT2D eigenvalue weighted by Crippen LogP contribution is 2.24. The summed E-state index contributed by atoms with van der Waals surface area (Å²) >= 11 is 3.33. The van der Waals surface area contributed by atoms with Crippen molar-refractivity contribution in [1.29, 1.82) is 0 Å². The first kappa shape index (κ1) is 15.9. The molecule has 7 heteroatoms. The van der Waals surface area contributed by atoms with Gasteiger partial charge in [-0.25, -0.2) is 4.98 Å². The maximum atomic E-state index is 12.3. The Bertz CT molecular complexity index is 549. The number of hydrogen-bond donors (Lipinski definition) is 1. The van der Waals surface area contributed by atoms with Crippen molar-refractivity contribution in [3.05, 3.63) is 47.0 Å². The summed E-state index contributed by atoms with van der Waals surface area (Å²) in [5.41, 5.74) is 0.701. The first-order valence-corrected chi connectivity index (χ1v) is 7.34. The summed E-state index contributed by atoms with van der Waals surface area (Å²) in [5.74, 6) is 0.204. The normalized spacial score (nSPS) is 11.0. The zero-order valence-electron chi connectivity index (χ0n) is 11.3. The Morgan fingerprint density at radius 2 is 2.24 bits per heavy atom. The Hall–Kier alpha value is -1.47. The smallest absolute Gasteiger partial charge is 0.387 e. The SMILES string of the molecule is FC(F)Oc1ccc(Br)cc1CNCCCn1ccnc1. The molecule has 0 amide bonds. The number of benzene rings is 1. The molecule has 1 N–H and O–H groups in total. The van der Waals surface area contributed by atoms with Crippen molar-refractivity contribution in [2.75, 3.05) is 6.54 Å². The van der Waals surface area contributed by atoms with E-state index in [9.17, 15) is 8.78 Å². The first-order valence-electron chi connectivity index (χ1n) is 6.55. The minimum atomic E-state index is -2.81. The standard InChI is InChI=1S/C14H16BrF2N3O/c15-12-2-3-13(21-14(16)17)11(8-12)9-18-4-1-6-20-7-5-19-10-20/h2-3,5,7-8,10,14,18H,1,4,6,9H2. The molecule has 0 saturated heterocycles. The molecule has 1 heterocycles. The third kappa shape index (κ3) is 5.43. The fourth-order valence-electron chi connectivity index (χ4n) is 1.93. The van der Waals surface area contributed by atoms with E-state index < -0.39 is 6.61 Å². The van der Waals surface area contributed by atoms with Crippen LogP contribution in [-0.4, -0.2) is 22.7 Å². The minimum Gasteiger partial charge on any atom is -0.434 e. The number of alkyl halides is 2. The van der Waals surface area contributed by atoms with Crippen molar-refractivity contribution in [3.63, 3.8) is 0 Å². The minimum absolute atomic E-state index is 0.204. The molecule has 0 radical (unpaired) electrons. The van der Waals surface area contributed by atoms with E-state index in [4.69, 9.17) is 0 Å². The first-order chi connectivity index (χ1) is 10.1. The van der Waals surface area contributed by atoms with Gasteiger partial charge in [-0.15, -0.1) is 0 Å². The van der Waals surface area contributed by atoms with Crippen LogP contribution in [-0.2, 0) is 13.1 Å². The van der Waals surface area contributed by atoms with Gasteiger partial charge in [0.05, 0.1) is 6.33 Å². The van der Waals surface area contributed by atoms with Crippen LogP contribution in [0.5, 0.6) is 5.75 Å². The van der Waals surface area contributed by atoms with Crippen molar-refractivity contribution < 1.29 is 13.5 Å². The largest absolute Gasteiger partial charge is 0.434 e. The Kier molecular flexibility index (Phi) is 6.13. The van der Waals surface area contributed by atoms with E-state index in [-0.39, 0.29) is 5.75 Å². The van der Waals surface area contributed by atoms with Crippen LogP contribution in [0.2, 0.25) is 0 Å². The second kappa shape index (κ2) is 8.09. The number of aromatic nitrogens is 2. The van der Waals surface area contributed by atoms with Gasteiger partial charge in [-0.05, 0) is 31.2 Å². The van der Waals surface area contributed by atoms with Crippen LogP contribution in [0, 0.1) is 0 Å². The molecule has 4 nitrogen and oxygen atoms in total. The van der Waals surface area contributed by atoms with Crippen LogP contribution < -0.4 is 10.1 Å². The summed E-state index contributed by atoms with van der Waals surface area (Å²) in [6.45, 7) is -0.693. The zero-order valence-corrected chi connectivity index (χ0v) is 12.9. The van der Waals surface area contributed by atoms with Gasteiger partial charge in [-0.2, -0.15) is 8.78 Å². The van der Waals surface area contributed by atoms with Crippen LogP contribution in [0.4, 0.5) is 8.78 Å². The Morgan fingerprint density at radius 3 is 2.95 bits per heavy atom. The number of nitrogens with zero attached hydrogens (tertiary/aromatic N) is 2. The van der Waals surface area contributed by atoms with Gasteiger partial charge >= 0.3 is 6.61 Å². The molecule has 0 fully saturated rings. The van der Waals surface area contributed by atoms with E-state index in [0.29, 0.717) is 12.1 Å². The van der Waals surface area contributed by atoms with Gasteiger partial charge in [0.2, 0.25) is 0 Å². The molecule has 0 unspecified atom stereocenters. The molecule has 2 rings (SSSR count). The quantitative estimate of drug-likeness (QED) is 0.734. The summed E-state index contributed by atoms with van der Waals surface area (Å²) in [6.07, 6.45) is 6.34. The van der Waals surface area contributed by atoms with Gasteiger partial charge in [-0.3, -0.25) is 0 Å². The Morgan fingerprint density at radius 1 is 1.38 bits per heavy atom. The molecular weight excluding hydrogens is 344 g/mol. The number of nitrogens with one attached hydrogen (secondary N) is 1. The van der Waals surface area contributed by atoms with E-state index in [1.807, 2.05) is 10.8 Å². The van der Waals surface area contributed by atoms with E-state index >= 15 is 0 Å². The third-order valence-corrected chi connectivity index (χ3v) is 3.38. The highest BCUT2D eigenvalue weighted by molar-refractivity contribution is 9.10. The van der Waals surface area contributed by atoms with Crippen molar-refractivity contribution >= 4 is 15.9 Å². The number of rotatable bonds is 8. The van der Waals surface area contributed by atoms with Crippen LogP contribution in [0.3, 0.4) is 0 Å². The molecule has 0 aliphatic heterocycles. The van der Waals surface area contributed by atoms with Crippen molar-refractivity contribution in [1.82, 2.24) is 14.9 Å². The Balaban J connectivity index is 1.80. The fraction of sp³-hybridized carbons (Fsp3) is 0.357.